The van der Waals surface area contributed by atoms with Crippen molar-refractivity contribution >= 4 is 5.69 Å². The molecular formula is C15H10F4N2. The average Bonchev–Trinajstić information content (AvgIpc) is 2.45. The third-order valence-electron chi connectivity index (χ3n) is 2.86. The lowest BCUT2D eigenvalue weighted by Crippen LogP contribution is -2.07. The molecule has 0 aliphatic carbocycles. The molecule has 0 saturated carbocycles. The van der Waals surface area contributed by atoms with Gasteiger partial charge in [0.25, 0.3) is 0 Å². The van der Waals surface area contributed by atoms with Gasteiger partial charge in [-0.25, -0.2) is 4.39 Å². The maximum absolute atomic E-state index is 13.6. The number of alkyl halides is 3. The number of rotatable bonds is 3. The number of nitrogens with zero attached hydrogens (tertiary/aromatic N) is 1. The quantitative estimate of drug-likeness (QED) is 0.855. The first-order chi connectivity index (χ1) is 9.90. The topological polar surface area (TPSA) is 35.8 Å². The van der Waals surface area contributed by atoms with E-state index in [2.05, 4.69) is 5.32 Å². The van der Waals surface area contributed by atoms with Crippen molar-refractivity contribution in [2.45, 2.75) is 12.7 Å². The maximum Gasteiger partial charge on any atom is 0.416 e. The number of nitriles is 1. The molecule has 0 radical (unpaired) electrons. The van der Waals surface area contributed by atoms with E-state index in [0.717, 1.165) is 17.7 Å². The van der Waals surface area contributed by atoms with Crippen LogP contribution in [-0.2, 0) is 12.7 Å². The Bertz CT molecular complexity index is 670. The first-order valence-electron chi connectivity index (χ1n) is 6.00. The van der Waals surface area contributed by atoms with E-state index >= 15 is 0 Å². The molecule has 6 heteroatoms. The third kappa shape index (κ3) is 3.72. The minimum Gasteiger partial charge on any atom is -0.379 e. The second-order valence-corrected chi connectivity index (χ2v) is 4.35. The summed E-state index contributed by atoms with van der Waals surface area (Å²) in [4.78, 5) is 0. The summed E-state index contributed by atoms with van der Waals surface area (Å²) >= 11 is 0. The minimum absolute atomic E-state index is 0.00707. The Morgan fingerprint density at radius 3 is 2.24 bits per heavy atom. The zero-order chi connectivity index (χ0) is 15.5. The fourth-order valence-electron chi connectivity index (χ4n) is 1.73. The van der Waals surface area contributed by atoms with Crippen LogP contribution in [0.4, 0.5) is 23.2 Å². The van der Waals surface area contributed by atoms with Crippen molar-refractivity contribution in [3.63, 3.8) is 0 Å². The highest BCUT2D eigenvalue weighted by Crippen LogP contribution is 2.31. The van der Waals surface area contributed by atoms with E-state index in [1.165, 1.54) is 0 Å². The monoisotopic (exact) mass is 294 g/mol. The lowest BCUT2D eigenvalue weighted by Gasteiger charge is -2.11. The Kier molecular flexibility index (Phi) is 4.13. The van der Waals surface area contributed by atoms with E-state index < -0.39 is 17.6 Å². The van der Waals surface area contributed by atoms with Gasteiger partial charge in [-0.1, -0.05) is 12.1 Å². The summed E-state index contributed by atoms with van der Waals surface area (Å²) in [6.45, 7) is 0.244. The molecule has 0 aromatic heterocycles. The summed E-state index contributed by atoms with van der Waals surface area (Å²) < 4.78 is 50.8. The fraction of sp³-hybridized carbons (Fsp3) is 0.133. The van der Waals surface area contributed by atoms with Gasteiger partial charge in [0.15, 0.2) is 0 Å². The molecule has 2 aromatic carbocycles. The second kappa shape index (κ2) is 5.83. The molecule has 0 aliphatic heterocycles. The van der Waals surface area contributed by atoms with Crippen molar-refractivity contribution in [2.24, 2.45) is 0 Å². The molecule has 2 aromatic rings. The highest BCUT2D eigenvalue weighted by Gasteiger charge is 2.31. The van der Waals surface area contributed by atoms with Crippen molar-refractivity contribution in [1.29, 1.82) is 5.26 Å². The van der Waals surface area contributed by atoms with Gasteiger partial charge < -0.3 is 5.32 Å². The van der Waals surface area contributed by atoms with Crippen LogP contribution in [0.5, 0.6) is 0 Å². The van der Waals surface area contributed by atoms with Crippen LogP contribution in [0.3, 0.4) is 0 Å². The number of hydrogen-bond acceptors (Lipinski definition) is 2. The van der Waals surface area contributed by atoms with Crippen LogP contribution in [-0.4, -0.2) is 0 Å². The first kappa shape index (κ1) is 14.9. The molecule has 0 saturated heterocycles. The first-order valence-corrected chi connectivity index (χ1v) is 6.00. The van der Waals surface area contributed by atoms with Gasteiger partial charge >= 0.3 is 6.18 Å². The summed E-state index contributed by atoms with van der Waals surface area (Å²) in [5.41, 5.74) is 0.254. The standard InChI is InChI=1S/C15H10F4N2/c16-13-7-12(15(17,18)19)5-6-14(13)21-9-11-3-1-10(8-20)2-4-11/h1-7,21H,9H2. The molecule has 2 rings (SSSR count). The SMILES string of the molecule is N#Cc1ccc(CNc2ccc(C(F)(F)F)cc2F)cc1. The minimum atomic E-state index is -4.56. The molecule has 0 bridgehead atoms. The third-order valence-corrected chi connectivity index (χ3v) is 2.86. The lowest BCUT2D eigenvalue weighted by atomic mass is 10.1. The molecule has 0 aliphatic rings. The van der Waals surface area contributed by atoms with E-state index in [-0.39, 0.29) is 12.2 Å². The lowest BCUT2D eigenvalue weighted by molar-refractivity contribution is -0.137. The van der Waals surface area contributed by atoms with Crippen LogP contribution in [0.2, 0.25) is 0 Å². The van der Waals surface area contributed by atoms with Crippen molar-refractivity contribution in [3.8, 4) is 6.07 Å². The van der Waals surface area contributed by atoms with Gasteiger partial charge in [-0.2, -0.15) is 18.4 Å². The zero-order valence-corrected chi connectivity index (χ0v) is 10.7. The molecule has 2 nitrogen and oxygen atoms in total. The predicted octanol–water partition coefficient (Wildman–Crippen LogP) is 4.33. The van der Waals surface area contributed by atoms with Gasteiger partial charge in [0, 0.05) is 6.54 Å². The Morgan fingerprint density at radius 1 is 1.05 bits per heavy atom. The normalized spacial score (nSPS) is 11.0. The van der Waals surface area contributed by atoms with E-state index in [1.54, 1.807) is 24.3 Å². The van der Waals surface area contributed by atoms with E-state index in [1.807, 2.05) is 6.07 Å². The van der Waals surface area contributed by atoms with Crippen molar-refractivity contribution in [3.05, 3.63) is 65.0 Å². The van der Waals surface area contributed by atoms with Crippen LogP contribution in [0, 0.1) is 17.1 Å². The summed E-state index contributed by atoms with van der Waals surface area (Å²) in [5, 5.41) is 11.4. The largest absolute Gasteiger partial charge is 0.416 e. The molecule has 21 heavy (non-hydrogen) atoms. The second-order valence-electron chi connectivity index (χ2n) is 4.35. The number of halogens is 4. The number of benzene rings is 2. The summed E-state index contributed by atoms with van der Waals surface area (Å²) in [6, 6.07) is 10.9. The fourth-order valence-corrected chi connectivity index (χ4v) is 1.73. The summed E-state index contributed by atoms with van der Waals surface area (Å²) in [5.74, 6) is -0.960. The van der Waals surface area contributed by atoms with E-state index in [9.17, 15) is 17.6 Å². The van der Waals surface area contributed by atoms with Gasteiger partial charge in [-0.05, 0) is 35.9 Å². The van der Waals surface area contributed by atoms with Crippen LogP contribution < -0.4 is 5.32 Å². The van der Waals surface area contributed by atoms with Crippen molar-refractivity contribution < 1.29 is 17.6 Å². The molecule has 0 atom stereocenters. The Hall–Kier alpha value is -2.55. The van der Waals surface area contributed by atoms with Gasteiger partial charge in [0.1, 0.15) is 5.82 Å². The number of anilines is 1. The molecule has 1 N–H and O–H groups in total. The summed E-state index contributed by atoms with van der Waals surface area (Å²) in [6.07, 6.45) is -4.56. The van der Waals surface area contributed by atoms with Crippen LogP contribution in [0.25, 0.3) is 0 Å². The zero-order valence-electron chi connectivity index (χ0n) is 10.7. The molecular weight excluding hydrogens is 284 g/mol. The molecule has 0 unspecified atom stereocenters. The van der Waals surface area contributed by atoms with Crippen LogP contribution in [0.15, 0.2) is 42.5 Å². The smallest absolute Gasteiger partial charge is 0.379 e. The van der Waals surface area contributed by atoms with Crippen LogP contribution >= 0.6 is 0 Å². The molecule has 0 spiro atoms. The highest BCUT2D eigenvalue weighted by atomic mass is 19.4. The van der Waals surface area contributed by atoms with Crippen molar-refractivity contribution in [1.82, 2.24) is 0 Å². The predicted molar refractivity (Wildman–Crippen MR) is 69.9 cm³/mol. The van der Waals surface area contributed by atoms with Gasteiger partial charge in [-0.3, -0.25) is 0 Å². The Morgan fingerprint density at radius 2 is 1.71 bits per heavy atom. The maximum atomic E-state index is 13.6. The Balaban J connectivity index is 2.08. The number of hydrogen-bond donors (Lipinski definition) is 1. The van der Waals surface area contributed by atoms with Crippen molar-refractivity contribution in [2.75, 3.05) is 5.32 Å². The van der Waals surface area contributed by atoms with Gasteiger partial charge in [0.05, 0.1) is 22.9 Å². The van der Waals surface area contributed by atoms with Gasteiger partial charge in [0.2, 0.25) is 0 Å². The molecule has 0 fully saturated rings. The number of nitrogens with one attached hydrogen (secondary N) is 1. The molecule has 108 valence electrons. The van der Waals surface area contributed by atoms with E-state index in [0.29, 0.717) is 11.6 Å². The van der Waals surface area contributed by atoms with Gasteiger partial charge in [-0.15, -0.1) is 0 Å². The molecule has 0 heterocycles. The summed E-state index contributed by atoms with van der Waals surface area (Å²) in [7, 11) is 0. The Labute approximate surface area is 118 Å². The highest BCUT2D eigenvalue weighted by molar-refractivity contribution is 5.47. The average molecular weight is 294 g/mol. The van der Waals surface area contributed by atoms with Crippen LogP contribution in [0.1, 0.15) is 16.7 Å². The molecule has 0 amide bonds. The van der Waals surface area contributed by atoms with E-state index in [4.69, 9.17) is 5.26 Å².